The maximum Gasteiger partial charge on any atom is 0.253 e. The summed E-state index contributed by atoms with van der Waals surface area (Å²) in [5, 5.41) is 7.73. The Morgan fingerprint density at radius 2 is 2.10 bits per heavy atom. The average Bonchev–Trinajstić information content (AvgIpc) is 2.37. The highest BCUT2D eigenvalue weighted by Crippen LogP contribution is 2.29. The SMILES string of the molecule is CCCCC(C)NC(=O)c1cc(Br)cc(S(N)(=O)=O)c1Cl. The number of amides is 1. The zero-order valence-corrected chi connectivity index (χ0v) is 15.0. The summed E-state index contributed by atoms with van der Waals surface area (Å²) in [4.78, 5) is 11.9. The van der Waals surface area contributed by atoms with E-state index in [0.717, 1.165) is 19.3 Å². The first-order valence-electron chi connectivity index (χ1n) is 6.49. The molecule has 0 saturated carbocycles. The number of halogens is 2. The number of rotatable bonds is 6. The van der Waals surface area contributed by atoms with Gasteiger partial charge in [0, 0.05) is 10.5 Å². The van der Waals surface area contributed by atoms with Crippen molar-refractivity contribution >= 4 is 43.5 Å². The van der Waals surface area contributed by atoms with Gasteiger partial charge in [-0.1, -0.05) is 47.3 Å². The summed E-state index contributed by atoms with van der Waals surface area (Å²) in [6.07, 6.45) is 2.87. The van der Waals surface area contributed by atoms with Crippen molar-refractivity contribution in [3.63, 3.8) is 0 Å². The van der Waals surface area contributed by atoms with Crippen LogP contribution >= 0.6 is 27.5 Å². The van der Waals surface area contributed by atoms with Gasteiger partial charge in [-0.25, -0.2) is 13.6 Å². The number of carbonyl (C=O) groups excluding carboxylic acids is 1. The van der Waals surface area contributed by atoms with E-state index < -0.39 is 15.9 Å². The molecule has 0 saturated heterocycles. The number of nitrogens with one attached hydrogen (secondary N) is 1. The lowest BCUT2D eigenvalue weighted by molar-refractivity contribution is 0.0938. The molecule has 0 aliphatic carbocycles. The predicted molar refractivity (Wildman–Crippen MR) is 87.0 cm³/mol. The Balaban J connectivity index is 3.08. The minimum Gasteiger partial charge on any atom is -0.350 e. The number of carbonyl (C=O) groups is 1. The molecular weight excluding hydrogens is 380 g/mol. The second-order valence-electron chi connectivity index (χ2n) is 4.83. The van der Waals surface area contributed by atoms with Gasteiger partial charge >= 0.3 is 0 Å². The summed E-state index contributed by atoms with van der Waals surface area (Å²) in [5.74, 6) is -0.421. The Morgan fingerprint density at radius 3 is 2.62 bits per heavy atom. The highest BCUT2D eigenvalue weighted by Gasteiger charge is 2.21. The summed E-state index contributed by atoms with van der Waals surface area (Å²) in [5.41, 5.74) is 0.0819. The van der Waals surface area contributed by atoms with Gasteiger partial charge in [0.25, 0.3) is 5.91 Å². The molecule has 0 radical (unpaired) electrons. The molecule has 1 unspecified atom stereocenters. The van der Waals surface area contributed by atoms with Gasteiger partial charge in [0.2, 0.25) is 10.0 Å². The van der Waals surface area contributed by atoms with Gasteiger partial charge in [0.15, 0.2) is 0 Å². The van der Waals surface area contributed by atoms with Crippen LogP contribution in [0.15, 0.2) is 21.5 Å². The average molecular weight is 398 g/mol. The van der Waals surface area contributed by atoms with Crippen LogP contribution in [0, 0.1) is 0 Å². The summed E-state index contributed by atoms with van der Waals surface area (Å²) >= 11 is 9.16. The topological polar surface area (TPSA) is 89.3 Å². The Labute approximate surface area is 138 Å². The minimum absolute atomic E-state index is 0.0227. The van der Waals surface area contributed by atoms with Gasteiger partial charge < -0.3 is 5.32 Å². The zero-order valence-electron chi connectivity index (χ0n) is 11.8. The third kappa shape index (κ3) is 5.25. The fourth-order valence-corrected chi connectivity index (χ4v) is 3.60. The number of hydrogen-bond donors (Lipinski definition) is 2. The number of sulfonamides is 1. The van der Waals surface area contributed by atoms with E-state index in [1.54, 1.807) is 0 Å². The summed E-state index contributed by atoms with van der Waals surface area (Å²) in [6, 6.07) is 2.72. The summed E-state index contributed by atoms with van der Waals surface area (Å²) in [6.45, 7) is 3.96. The van der Waals surface area contributed by atoms with E-state index in [1.165, 1.54) is 12.1 Å². The molecule has 1 rings (SSSR count). The molecule has 0 aliphatic heterocycles. The van der Waals surface area contributed by atoms with Crippen LogP contribution < -0.4 is 10.5 Å². The van der Waals surface area contributed by atoms with Gasteiger partial charge in [0.1, 0.15) is 4.90 Å². The molecular formula is C13H18BrClN2O3S. The van der Waals surface area contributed by atoms with Gasteiger partial charge in [0.05, 0.1) is 10.6 Å². The maximum atomic E-state index is 12.2. The number of primary sulfonamides is 1. The molecule has 0 fully saturated rings. The van der Waals surface area contributed by atoms with Crippen LogP contribution in [0.2, 0.25) is 5.02 Å². The highest BCUT2D eigenvalue weighted by atomic mass is 79.9. The van der Waals surface area contributed by atoms with E-state index in [9.17, 15) is 13.2 Å². The molecule has 21 heavy (non-hydrogen) atoms. The Hall–Kier alpha value is -0.630. The number of benzene rings is 1. The Kier molecular flexibility index (Phi) is 6.65. The molecule has 1 amide bonds. The number of hydrogen-bond acceptors (Lipinski definition) is 3. The Bertz CT molecular complexity index is 635. The smallest absolute Gasteiger partial charge is 0.253 e. The van der Waals surface area contributed by atoms with Crippen LogP contribution in [0.3, 0.4) is 0 Å². The molecule has 0 spiro atoms. The predicted octanol–water partition coefficient (Wildman–Crippen LogP) is 3.06. The van der Waals surface area contributed by atoms with Crippen LogP contribution in [-0.4, -0.2) is 20.4 Å². The van der Waals surface area contributed by atoms with Gasteiger partial charge in [-0.3, -0.25) is 4.79 Å². The third-order valence-corrected chi connectivity index (χ3v) is 4.84. The van der Waals surface area contributed by atoms with Crippen molar-refractivity contribution in [3.05, 3.63) is 27.2 Å². The van der Waals surface area contributed by atoms with Crippen molar-refractivity contribution < 1.29 is 13.2 Å². The molecule has 0 aromatic heterocycles. The molecule has 0 heterocycles. The summed E-state index contributed by atoms with van der Waals surface area (Å²) < 4.78 is 23.4. The Morgan fingerprint density at radius 1 is 1.48 bits per heavy atom. The molecule has 1 atom stereocenters. The maximum absolute atomic E-state index is 12.2. The lowest BCUT2D eigenvalue weighted by Gasteiger charge is -2.15. The van der Waals surface area contributed by atoms with E-state index in [0.29, 0.717) is 4.47 Å². The molecule has 5 nitrogen and oxygen atoms in total. The van der Waals surface area contributed by atoms with E-state index in [4.69, 9.17) is 16.7 Å². The fourth-order valence-electron chi connectivity index (χ4n) is 1.82. The van der Waals surface area contributed by atoms with Crippen molar-refractivity contribution in [2.45, 2.75) is 44.0 Å². The van der Waals surface area contributed by atoms with Crippen molar-refractivity contribution in [3.8, 4) is 0 Å². The molecule has 0 aliphatic rings. The van der Waals surface area contributed by atoms with Crippen molar-refractivity contribution in [2.75, 3.05) is 0 Å². The first kappa shape index (κ1) is 18.4. The first-order chi connectivity index (χ1) is 9.66. The third-order valence-electron chi connectivity index (χ3n) is 2.92. The van der Waals surface area contributed by atoms with Gasteiger partial charge in [-0.05, 0) is 25.5 Å². The van der Waals surface area contributed by atoms with Crippen molar-refractivity contribution in [2.24, 2.45) is 5.14 Å². The second kappa shape index (κ2) is 7.58. The van der Waals surface area contributed by atoms with Crippen LogP contribution in [0.25, 0.3) is 0 Å². The van der Waals surface area contributed by atoms with E-state index in [-0.39, 0.29) is 21.5 Å². The lowest BCUT2D eigenvalue weighted by Crippen LogP contribution is -2.33. The highest BCUT2D eigenvalue weighted by molar-refractivity contribution is 9.10. The standard InChI is InChI=1S/C13H18BrClN2O3S/c1-3-4-5-8(2)17-13(18)10-6-9(14)7-11(12(10)15)21(16,19)20/h6-8H,3-5H2,1-2H3,(H,17,18)(H2,16,19,20). The van der Waals surface area contributed by atoms with Gasteiger partial charge in [-0.2, -0.15) is 0 Å². The van der Waals surface area contributed by atoms with Gasteiger partial charge in [-0.15, -0.1) is 0 Å². The molecule has 1 aromatic carbocycles. The first-order valence-corrected chi connectivity index (χ1v) is 9.21. The van der Waals surface area contributed by atoms with Crippen LogP contribution in [0.4, 0.5) is 0 Å². The van der Waals surface area contributed by atoms with Crippen molar-refractivity contribution in [1.82, 2.24) is 5.32 Å². The lowest BCUT2D eigenvalue weighted by atomic mass is 10.1. The van der Waals surface area contributed by atoms with E-state index in [2.05, 4.69) is 28.2 Å². The van der Waals surface area contributed by atoms with Crippen molar-refractivity contribution in [1.29, 1.82) is 0 Å². The van der Waals surface area contributed by atoms with Crippen LogP contribution in [-0.2, 0) is 10.0 Å². The minimum atomic E-state index is -4.00. The van der Waals surface area contributed by atoms with E-state index in [1.807, 2.05) is 6.92 Å². The largest absolute Gasteiger partial charge is 0.350 e. The van der Waals surface area contributed by atoms with Crippen LogP contribution in [0.1, 0.15) is 43.5 Å². The normalized spacial score (nSPS) is 13.0. The summed E-state index contributed by atoms with van der Waals surface area (Å²) in [7, 11) is -4.00. The molecule has 3 N–H and O–H groups in total. The molecule has 8 heteroatoms. The monoisotopic (exact) mass is 396 g/mol. The molecule has 118 valence electrons. The number of nitrogens with two attached hydrogens (primary N) is 1. The second-order valence-corrected chi connectivity index (χ2v) is 7.65. The molecule has 1 aromatic rings. The van der Waals surface area contributed by atoms with Crippen LogP contribution in [0.5, 0.6) is 0 Å². The van der Waals surface area contributed by atoms with E-state index >= 15 is 0 Å². The zero-order chi connectivity index (χ0) is 16.2. The quantitative estimate of drug-likeness (QED) is 0.773. The number of unbranched alkanes of at least 4 members (excludes halogenated alkanes) is 1. The fraction of sp³-hybridized carbons (Fsp3) is 0.462. The molecule has 0 bridgehead atoms.